The predicted octanol–water partition coefficient (Wildman–Crippen LogP) is 3.00. The number of halogens is 2. The quantitative estimate of drug-likeness (QED) is 0.758. The monoisotopic (exact) mass is 288 g/mol. The van der Waals surface area contributed by atoms with E-state index in [4.69, 9.17) is 23.2 Å². The van der Waals surface area contributed by atoms with Crippen molar-refractivity contribution in [3.63, 3.8) is 0 Å². The highest BCUT2D eigenvalue weighted by Gasteiger charge is 2.02. The molecule has 0 aliphatic carbocycles. The van der Waals surface area contributed by atoms with Crippen molar-refractivity contribution < 1.29 is 4.79 Å². The van der Waals surface area contributed by atoms with E-state index < -0.39 is 0 Å². The van der Waals surface area contributed by atoms with Gasteiger partial charge >= 0.3 is 0 Å². The summed E-state index contributed by atoms with van der Waals surface area (Å²) in [5, 5.41) is 7.28. The Hall–Kier alpha value is -0.770. The van der Waals surface area contributed by atoms with Crippen LogP contribution in [0.5, 0.6) is 0 Å². The smallest absolute Gasteiger partial charge is 0.221 e. The third-order valence-electron chi connectivity index (χ3n) is 2.43. The van der Waals surface area contributed by atoms with Gasteiger partial charge in [0.15, 0.2) is 0 Å². The fourth-order valence-electron chi connectivity index (χ4n) is 1.44. The first kappa shape index (κ1) is 15.3. The van der Waals surface area contributed by atoms with E-state index in [1.807, 2.05) is 13.0 Å². The minimum Gasteiger partial charge on any atom is -0.356 e. The van der Waals surface area contributed by atoms with Gasteiger partial charge in [0, 0.05) is 36.1 Å². The van der Waals surface area contributed by atoms with E-state index in [0.29, 0.717) is 29.6 Å². The molecule has 0 fully saturated rings. The molecule has 0 aromatic heterocycles. The van der Waals surface area contributed by atoms with Gasteiger partial charge in [0.2, 0.25) is 5.91 Å². The molecule has 0 aliphatic heterocycles. The lowest BCUT2D eigenvalue weighted by Crippen LogP contribution is -2.28. The number of amides is 1. The van der Waals surface area contributed by atoms with Gasteiger partial charge < -0.3 is 10.6 Å². The van der Waals surface area contributed by atoms with Gasteiger partial charge in [0.1, 0.15) is 0 Å². The molecule has 1 rings (SSSR count). The summed E-state index contributed by atoms with van der Waals surface area (Å²) in [6.45, 7) is 4.04. The Bertz CT molecular complexity index is 397. The van der Waals surface area contributed by atoms with Crippen LogP contribution in [0.1, 0.15) is 25.3 Å². The standard InChI is InChI=1S/C13H18Cl2N2O/c1-2-6-17-13(18)5-7-16-9-10-3-4-11(14)8-12(10)15/h3-4,8,16H,2,5-7,9H2,1H3,(H,17,18). The summed E-state index contributed by atoms with van der Waals surface area (Å²) < 4.78 is 0. The van der Waals surface area contributed by atoms with E-state index in [2.05, 4.69) is 10.6 Å². The number of carbonyl (C=O) groups excluding carboxylic acids is 1. The summed E-state index contributed by atoms with van der Waals surface area (Å²) >= 11 is 11.8. The number of carbonyl (C=O) groups is 1. The highest BCUT2D eigenvalue weighted by atomic mass is 35.5. The maximum Gasteiger partial charge on any atom is 0.221 e. The molecule has 1 aromatic carbocycles. The highest BCUT2D eigenvalue weighted by molar-refractivity contribution is 6.35. The third kappa shape index (κ3) is 5.71. The zero-order chi connectivity index (χ0) is 13.4. The van der Waals surface area contributed by atoms with Gasteiger partial charge in [-0.05, 0) is 24.1 Å². The Morgan fingerprint density at radius 3 is 2.72 bits per heavy atom. The van der Waals surface area contributed by atoms with E-state index in [-0.39, 0.29) is 5.91 Å². The molecule has 2 N–H and O–H groups in total. The van der Waals surface area contributed by atoms with Crippen molar-refractivity contribution in [2.24, 2.45) is 0 Å². The molecular formula is C13H18Cl2N2O. The first-order valence-corrected chi connectivity index (χ1v) is 6.80. The van der Waals surface area contributed by atoms with E-state index in [1.165, 1.54) is 0 Å². The van der Waals surface area contributed by atoms with E-state index >= 15 is 0 Å². The third-order valence-corrected chi connectivity index (χ3v) is 3.02. The Morgan fingerprint density at radius 2 is 2.06 bits per heavy atom. The minimum atomic E-state index is 0.0755. The van der Waals surface area contributed by atoms with Crippen LogP contribution in [0.2, 0.25) is 10.0 Å². The Labute approximate surface area is 118 Å². The van der Waals surface area contributed by atoms with Crippen LogP contribution in [0, 0.1) is 0 Å². The van der Waals surface area contributed by atoms with Gasteiger partial charge in [-0.15, -0.1) is 0 Å². The Kier molecular flexibility index (Phi) is 7.09. The van der Waals surface area contributed by atoms with Crippen molar-refractivity contribution in [2.45, 2.75) is 26.3 Å². The molecule has 0 bridgehead atoms. The fourth-order valence-corrected chi connectivity index (χ4v) is 1.92. The fraction of sp³-hybridized carbons (Fsp3) is 0.462. The Balaban J connectivity index is 2.23. The van der Waals surface area contributed by atoms with E-state index in [1.54, 1.807) is 12.1 Å². The van der Waals surface area contributed by atoms with Gasteiger partial charge in [-0.25, -0.2) is 0 Å². The first-order chi connectivity index (χ1) is 8.63. The summed E-state index contributed by atoms with van der Waals surface area (Å²) in [5.41, 5.74) is 0.982. The second-order valence-electron chi connectivity index (χ2n) is 4.01. The molecule has 1 amide bonds. The van der Waals surface area contributed by atoms with Gasteiger partial charge in [-0.3, -0.25) is 4.79 Å². The first-order valence-electron chi connectivity index (χ1n) is 6.04. The molecule has 100 valence electrons. The largest absolute Gasteiger partial charge is 0.356 e. The average Bonchev–Trinajstić information content (AvgIpc) is 2.34. The van der Waals surface area contributed by atoms with Crippen molar-refractivity contribution in [1.29, 1.82) is 0 Å². The van der Waals surface area contributed by atoms with E-state index in [9.17, 15) is 4.79 Å². The zero-order valence-electron chi connectivity index (χ0n) is 10.4. The lowest BCUT2D eigenvalue weighted by molar-refractivity contribution is -0.120. The molecule has 0 heterocycles. The van der Waals surface area contributed by atoms with Crippen LogP contribution in [0.15, 0.2) is 18.2 Å². The maximum atomic E-state index is 11.3. The lowest BCUT2D eigenvalue weighted by Gasteiger charge is -2.07. The molecule has 0 aliphatic rings. The maximum absolute atomic E-state index is 11.3. The van der Waals surface area contributed by atoms with Crippen LogP contribution >= 0.6 is 23.2 Å². The summed E-state index contributed by atoms with van der Waals surface area (Å²) in [6.07, 6.45) is 1.44. The summed E-state index contributed by atoms with van der Waals surface area (Å²) in [5.74, 6) is 0.0755. The lowest BCUT2D eigenvalue weighted by atomic mass is 10.2. The topological polar surface area (TPSA) is 41.1 Å². The van der Waals surface area contributed by atoms with Gasteiger partial charge in [0.05, 0.1) is 0 Å². The van der Waals surface area contributed by atoms with Crippen LogP contribution in [-0.2, 0) is 11.3 Å². The zero-order valence-corrected chi connectivity index (χ0v) is 11.9. The number of hydrogen-bond donors (Lipinski definition) is 2. The van der Waals surface area contributed by atoms with Crippen molar-refractivity contribution in [2.75, 3.05) is 13.1 Å². The highest BCUT2D eigenvalue weighted by Crippen LogP contribution is 2.20. The normalized spacial score (nSPS) is 10.4. The summed E-state index contributed by atoms with van der Waals surface area (Å²) in [7, 11) is 0. The molecule has 5 heteroatoms. The minimum absolute atomic E-state index is 0.0755. The predicted molar refractivity (Wildman–Crippen MR) is 76.1 cm³/mol. The molecule has 0 radical (unpaired) electrons. The second-order valence-corrected chi connectivity index (χ2v) is 4.86. The molecule has 1 aromatic rings. The van der Waals surface area contributed by atoms with Crippen LogP contribution in [0.3, 0.4) is 0 Å². The van der Waals surface area contributed by atoms with Crippen LogP contribution in [-0.4, -0.2) is 19.0 Å². The molecule has 18 heavy (non-hydrogen) atoms. The van der Waals surface area contributed by atoms with Crippen molar-refractivity contribution in [3.05, 3.63) is 33.8 Å². The summed E-state index contributed by atoms with van der Waals surface area (Å²) in [6, 6.07) is 5.40. The molecule has 0 atom stereocenters. The second kappa shape index (κ2) is 8.35. The number of rotatable bonds is 7. The molecule has 0 unspecified atom stereocenters. The van der Waals surface area contributed by atoms with E-state index in [0.717, 1.165) is 18.5 Å². The summed E-state index contributed by atoms with van der Waals surface area (Å²) in [4.78, 5) is 11.3. The van der Waals surface area contributed by atoms with Crippen molar-refractivity contribution in [1.82, 2.24) is 10.6 Å². The van der Waals surface area contributed by atoms with Gasteiger partial charge in [-0.2, -0.15) is 0 Å². The average molecular weight is 289 g/mol. The number of benzene rings is 1. The molecule has 0 saturated heterocycles. The molecular weight excluding hydrogens is 271 g/mol. The molecule has 0 saturated carbocycles. The van der Waals surface area contributed by atoms with Crippen molar-refractivity contribution >= 4 is 29.1 Å². The SMILES string of the molecule is CCCNC(=O)CCNCc1ccc(Cl)cc1Cl. The van der Waals surface area contributed by atoms with Crippen LogP contribution in [0.4, 0.5) is 0 Å². The van der Waals surface area contributed by atoms with Gasteiger partial charge in [-0.1, -0.05) is 36.2 Å². The molecule has 3 nitrogen and oxygen atoms in total. The van der Waals surface area contributed by atoms with Crippen molar-refractivity contribution in [3.8, 4) is 0 Å². The number of nitrogens with one attached hydrogen (secondary N) is 2. The van der Waals surface area contributed by atoms with Gasteiger partial charge in [0.25, 0.3) is 0 Å². The number of hydrogen-bond acceptors (Lipinski definition) is 2. The van der Waals surface area contributed by atoms with Crippen LogP contribution < -0.4 is 10.6 Å². The van der Waals surface area contributed by atoms with Crippen LogP contribution in [0.25, 0.3) is 0 Å². The Morgan fingerprint density at radius 1 is 1.28 bits per heavy atom. The molecule has 0 spiro atoms.